The van der Waals surface area contributed by atoms with E-state index >= 15 is 0 Å². The van der Waals surface area contributed by atoms with E-state index in [4.69, 9.17) is 5.73 Å². The molecule has 0 heterocycles. The molecule has 2 amide bonds. The Morgan fingerprint density at radius 2 is 1.88 bits per heavy atom. The van der Waals surface area contributed by atoms with Gasteiger partial charge in [0.1, 0.15) is 22.8 Å². The number of nitrogens with zero attached hydrogens (tertiary/aromatic N) is 1. The number of aliphatic hydroxyl groups excluding tert-OH is 2. The number of carbonyl (C=O) groups excluding carboxylic acids is 4. The summed E-state index contributed by atoms with van der Waals surface area (Å²) in [4.78, 5) is 62.6. The summed E-state index contributed by atoms with van der Waals surface area (Å²) < 4.78 is 0. The molecule has 0 aliphatic heterocycles. The van der Waals surface area contributed by atoms with Crippen LogP contribution < -0.4 is 16.4 Å². The van der Waals surface area contributed by atoms with Crippen molar-refractivity contribution in [2.75, 3.05) is 20.1 Å². The van der Waals surface area contributed by atoms with E-state index < -0.39 is 58.4 Å². The Labute approximate surface area is 233 Å². The molecule has 0 radical (unpaired) electrons. The van der Waals surface area contributed by atoms with Crippen molar-refractivity contribution in [2.24, 2.45) is 22.7 Å². The normalized spacial score (nSPS) is 23.5. The van der Waals surface area contributed by atoms with Crippen LogP contribution in [0.4, 0.5) is 5.69 Å². The number of primary amides is 1. The van der Waals surface area contributed by atoms with Gasteiger partial charge in [0, 0.05) is 42.1 Å². The van der Waals surface area contributed by atoms with Crippen molar-refractivity contribution in [1.29, 1.82) is 0 Å². The van der Waals surface area contributed by atoms with Gasteiger partial charge in [0.05, 0.1) is 0 Å². The average molecular weight is 561 g/mol. The van der Waals surface area contributed by atoms with Crippen LogP contribution in [0.25, 0.3) is 16.9 Å². The number of Topliss-reactive ketones (excluding diaryl/α,β-unsaturated/α-hetero) is 2. The maximum absolute atomic E-state index is 13.7. The molecule has 0 saturated heterocycles. The zero-order valence-corrected chi connectivity index (χ0v) is 22.1. The molecule has 3 atom stereocenters. The minimum Gasteiger partial charge on any atom is -0.508 e. The van der Waals surface area contributed by atoms with Crippen LogP contribution in [0.5, 0.6) is 0 Å². The SMILES string of the molecule is CNCCNC(=O)c1cccc(-c2ccc(N=O)c3c2C[C@H]2C[C@H]4CC(=O)C(C(N)=O)=C(O)[C@@]4(O)C(=O)C2=C3O)c1. The lowest BCUT2D eigenvalue weighted by Gasteiger charge is -2.46. The second-order valence-electron chi connectivity index (χ2n) is 10.4. The van der Waals surface area contributed by atoms with Gasteiger partial charge >= 0.3 is 0 Å². The molecule has 3 aliphatic carbocycles. The first kappa shape index (κ1) is 27.9. The summed E-state index contributed by atoms with van der Waals surface area (Å²) in [6.45, 7) is 1.01. The molecule has 0 unspecified atom stereocenters. The molecule has 7 N–H and O–H groups in total. The van der Waals surface area contributed by atoms with Gasteiger partial charge in [-0.05, 0) is 65.9 Å². The van der Waals surface area contributed by atoms with Gasteiger partial charge in [0.25, 0.3) is 11.8 Å². The van der Waals surface area contributed by atoms with Gasteiger partial charge in [-0.15, -0.1) is 4.91 Å². The molecular formula is C29H28N4O8. The van der Waals surface area contributed by atoms with E-state index in [1.807, 2.05) is 0 Å². The van der Waals surface area contributed by atoms with Gasteiger partial charge in [-0.2, -0.15) is 0 Å². The second kappa shape index (κ2) is 10.4. The van der Waals surface area contributed by atoms with E-state index in [-0.39, 0.29) is 35.6 Å². The van der Waals surface area contributed by atoms with E-state index in [2.05, 4.69) is 15.8 Å². The highest BCUT2D eigenvalue weighted by Crippen LogP contribution is 2.53. The number of carbonyl (C=O) groups is 4. The van der Waals surface area contributed by atoms with Gasteiger partial charge in [-0.3, -0.25) is 19.2 Å². The first-order valence-electron chi connectivity index (χ1n) is 13.0. The summed E-state index contributed by atoms with van der Waals surface area (Å²) in [5.41, 5.74) is 3.46. The van der Waals surface area contributed by atoms with E-state index in [1.54, 1.807) is 37.4 Å². The third-order valence-corrected chi connectivity index (χ3v) is 8.14. The highest BCUT2D eigenvalue weighted by Gasteiger charge is 2.60. The summed E-state index contributed by atoms with van der Waals surface area (Å²) in [7, 11) is 1.77. The lowest BCUT2D eigenvalue weighted by atomic mass is 9.59. The van der Waals surface area contributed by atoms with Crippen molar-refractivity contribution < 1.29 is 34.5 Å². The monoisotopic (exact) mass is 560 g/mol. The quantitative estimate of drug-likeness (QED) is 0.165. The number of amides is 2. The van der Waals surface area contributed by atoms with Gasteiger partial charge < -0.3 is 31.7 Å². The van der Waals surface area contributed by atoms with Gasteiger partial charge in [0.15, 0.2) is 11.4 Å². The van der Waals surface area contributed by atoms with Crippen LogP contribution in [-0.4, -0.2) is 64.4 Å². The maximum Gasteiger partial charge on any atom is 0.255 e. The van der Waals surface area contributed by atoms with Crippen LogP contribution in [0.1, 0.15) is 34.3 Å². The molecular weight excluding hydrogens is 532 g/mol. The summed E-state index contributed by atoms with van der Waals surface area (Å²) in [6, 6.07) is 9.82. The number of nitroso groups, excluding NO2 is 1. The molecule has 1 fully saturated rings. The number of likely N-dealkylation sites (N-methyl/N-ethyl adjacent to an activating group) is 1. The average Bonchev–Trinajstić information content (AvgIpc) is 2.94. The van der Waals surface area contributed by atoms with Crippen molar-refractivity contribution in [3.63, 3.8) is 0 Å². The molecule has 0 bridgehead atoms. The third kappa shape index (κ3) is 4.32. The number of nitrogens with two attached hydrogens (primary N) is 1. The second-order valence-corrected chi connectivity index (χ2v) is 10.4. The molecule has 1 saturated carbocycles. The molecule has 2 aromatic rings. The first-order valence-corrected chi connectivity index (χ1v) is 13.0. The maximum atomic E-state index is 13.7. The first-order chi connectivity index (χ1) is 19.5. The zero-order valence-electron chi connectivity index (χ0n) is 22.1. The Morgan fingerprint density at radius 1 is 1.12 bits per heavy atom. The van der Waals surface area contributed by atoms with Crippen LogP contribution in [0.2, 0.25) is 0 Å². The lowest BCUT2D eigenvalue weighted by Crippen LogP contribution is -2.58. The Balaban J connectivity index is 1.63. The van der Waals surface area contributed by atoms with E-state index in [9.17, 15) is 39.4 Å². The Hall–Kier alpha value is -4.68. The number of rotatable bonds is 7. The largest absolute Gasteiger partial charge is 0.508 e. The number of fused-ring (bicyclic) bond motifs is 3. The minimum atomic E-state index is -2.64. The van der Waals surface area contributed by atoms with Crippen LogP contribution in [0.3, 0.4) is 0 Å². The fourth-order valence-electron chi connectivity index (χ4n) is 6.20. The van der Waals surface area contributed by atoms with Crippen LogP contribution >= 0.6 is 0 Å². The Bertz CT molecular complexity index is 1590. The van der Waals surface area contributed by atoms with Crippen LogP contribution in [-0.2, 0) is 20.8 Å². The predicted molar refractivity (Wildman–Crippen MR) is 147 cm³/mol. The Kier molecular flexibility index (Phi) is 7.05. The molecule has 12 heteroatoms. The molecule has 41 heavy (non-hydrogen) atoms. The number of benzene rings is 2. The highest BCUT2D eigenvalue weighted by atomic mass is 16.3. The van der Waals surface area contributed by atoms with Crippen molar-refractivity contribution in [3.05, 3.63) is 74.9 Å². The number of hydrogen-bond donors (Lipinski definition) is 6. The summed E-state index contributed by atoms with van der Waals surface area (Å²) in [6.07, 6.45) is -0.268. The van der Waals surface area contributed by atoms with Crippen LogP contribution in [0.15, 0.2) is 58.5 Å². The van der Waals surface area contributed by atoms with Crippen molar-refractivity contribution in [1.82, 2.24) is 10.6 Å². The molecule has 3 aliphatic rings. The Morgan fingerprint density at radius 3 is 2.56 bits per heavy atom. The zero-order chi connectivity index (χ0) is 29.6. The molecule has 12 nitrogen and oxygen atoms in total. The summed E-state index contributed by atoms with van der Waals surface area (Å²) in [5, 5.41) is 42.3. The number of aliphatic hydroxyl groups is 3. The summed E-state index contributed by atoms with van der Waals surface area (Å²) >= 11 is 0. The van der Waals surface area contributed by atoms with Gasteiger partial charge in [-0.25, -0.2) is 0 Å². The number of hydrogen-bond acceptors (Lipinski definition) is 10. The highest BCUT2D eigenvalue weighted by molar-refractivity contribution is 6.22. The minimum absolute atomic E-state index is 0.00601. The van der Waals surface area contributed by atoms with Crippen molar-refractivity contribution in [2.45, 2.75) is 24.9 Å². The van der Waals surface area contributed by atoms with E-state index in [0.29, 0.717) is 35.3 Å². The smallest absolute Gasteiger partial charge is 0.255 e. The third-order valence-electron chi connectivity index (χ3n) is 8.14. The van der Waals surface area contributed by atoms with Crippen LogP contribution in [0, 0.1) is 16.7 Å². The van der Waals surface area contributed by atoms with E-state index in [1.165, 1.54) is 6.07 Å². The van der Waals surface area contributed by atoms with E-state index in [0.717, 1.165) is 0 Å². The van der Waals surface area contributed by atoms with Crippen molar-refractivity contribution >= 4 is 34.8 Å². The summed E-state index contributed by atoms with van der Waals surface area (Å²) in [5.74, 6) is -6.91. The number of nitrogens with one attached hydrogen (secondary N) is 2. The fourth-order valence-corrected chi connectivity index (χ4v) is 6.20. The fraction of sp³-hybridized carbons (Fsp3) is 0.310. The molecule has 0 aromatic heterocycles. The molecule has 0 spiro atoms. The van der Waals surface area contributed by atoms with Gasteiger partial charge in [-0.1, -0.05) is 18.2 Å². The molecule has 212 valence electrons. The van der Waals surface area contributed by atoms with Gasteiger partial charge in [0.2, 0.25) is 5.78 Å². The molecule has 5 rings (SSSR count). The number of ketones is 2. The standard InChI is InChI=1S/C29H28N4O8/c1-31-7-8-32-28(39)14-4-2-3-13(9-14)17-5-6-19(33-41)22-18(17)11-15-10-16-12-20(34)23(27(30)38)26(37)29(16,40)25(36)21(15)24(22)35/h2-6,9,15-16,31,35,37,40H,7-8,10-12H2,1H3,(H2,30,38)(H,32,39)/t15-,16+,29+/m1/s1. The van der Waals surface area contributed by atoms with Crippen molar-refractivity contribution in [3.8, 4) is 11.1 Å². The molecule has 2 aromatic carbocycles. The predicted octanol–water partition coefficient (Wildman–Crippen LogP) is 1.73. The lowest BCUT2D eigenvalue weighted by molar-refractivity contribution is -0.147. The topological polar surface area (TPSA) is 208 Å².